The molecule has 0 atom stereocenters. The Morgan fingerprint density at radius 3 is 1.94 bits per heavy atom. The summed E-state index contributed by atoms with van der Waals surface area (Å²) in [4.78, 5) is 27.0. The molecule has 47 heavy (non-hydrogen) atoms. The second-order valence-corrected chi connectivity index (χ2v) is 14.2. The summed E-state index contributed by atoms with van der Waals surface area (Å²) in [5.74, 6) is -0.974. The van der Waals surface area contributed by atoms with Gasteiger partial charge in [0.25, 0.3) is 11.8 Å². The van der Waals surface area contributed by atoms with Gasteiger partial charge in [-0.2, -0.15) is 8.78 Å². The van der Waals surface area contributed by atoms with Gasteiger partial charge in [-0.05, 0) is 90.4 Å². The predicted octanol–water partition coefficient (Wildman–Crippen LogP) is 9.51. The number of hydrogen-bond donors (Lipinski definition) is 1. The number of alkyl halides is 2. The van der Waals surface area contributed by atoms with Gasteiger partial charge >= 0.3 is 13.7 Å². The van der Waals surface area contributed by atoms with Crippen LogP contribution in [0.1, 0.15) is 132 Å². The number of nitrogens with one attached hydrogen (secondary N) is 1. The topological polar surface area (TPSA) is 77.1 Å². The highest BCUT2D eigenvalue weighted by atomic mass is 19.3. The smallest absolute Gasteiger partial charge is 0.434 e. The maximum atomic E-state index is 13.5. The molecule has 1 aliphatic heterocycles. The second kappa shape index (κ2) is 18.0. The second-order valence-electron chi connectivity index (χ2n) is 14.2. The van der Waals surface area contributed by atoms with Crippen LogP contribution in [0.25, 0.3) is 0 Å². The third-order valence-electron chi connectivity index (χ3n) is 7.71. The van der Waals surface area contributed by atoms with Gasteiger partial charge in [-0.25, -0.2) is 5.01 Å². The summed E-state index contributed by atoms with van der Waals surface area (Å²) in [6, 6.07) is 8.73. The van der Waals surface area contributed by atoms with Crippen LogP contribution in [0.4, 0.5) is 8.78 Å². The minimum atomic E-state index is -3.06. The number of benzene rings is 2. The summed E-state index contributed by atoms with van der Waals surface area (Å²) in [5.41, 5.74) is 4.78. The number of nitrogens with zero attached hydrogens (tertiary/aromatic N) is 1. The van der Waals surface area contributed by atoms with Crippen LogP contribution in [-0.4, -0.2) is 48.3 Å². The van der Waals surface area contributed by atoms with Gasteiger partial charge in [0.15, 0.2) is 0 Å². The lowest BCUT2D eigenvalue weighted by atomic mass is 9.81. The molecule has 2 aromatic carbocycles. The molecule has 1 heterocycles. The average Bonchev–Trinajstić information content (AvgIpc) is 3.15. The monoisotopic (exact) mass is 660 g/mol. The van der Waals surface area contributed by atoms with Gasteiger partial charge in [-0.1, -0.05) is 84.6 Å². The summed E-state index contributed by atoms with van der Waals surface area (Å²) >= 11 is 0. The molecule has 264 valence electrons. The van der Waals surface area contributed by atoms with Crippen LogP contribution in [0.3, 0.4) is 0 Å². The van der Waals surface area contributed by atoms with Gasteiger partial charge < -0.3 is 14.0 Å². The van der Waals surface area contributed by atoms with E-state index in [1.54, 1.807) is 31.2 Å². The number of halogens is 2. The van der Waals surface area contributed by atoms with Crippen LogP contribution in [0, 0.1) is 26.2 Å². The van der Waals surface area contributed by atoms with Crippen molar-refractivity contribution in [3.05, 3.63) is 63.7 Å². The number of hydrogen-bond acceptors (Lipinski definition) is 5. The molecule has 3 rings (SSSR count). The number of hydrazine groups is 1. The summed E-state index contributed by atoms with van der Waals surface area (Å²) in [7, 11) is -0.399. The summed E-state index contributed by atoms with van der Waals surface area (Å²) in [6.45, 7) is 24.6. The van der Waals surface area contributed by atoms with E-state index >= 15 is 0 Å². The number of rotatable bonds is 9. The first-order valence-electron chi connectivity index (χ1n) is 16.8. The lowest BCUT2D eigenvalue weighted by molar-refractivity contribution is -0.0509. The molecule has 1 fully saturated rings. The first-order valence-corrected chi connectivity index (χ1v) is 16.8. The number of amides is 2. The van der Waals surface area contributed by atoms with Crippen molar-refractivity contribution in [2.75, 3.05) is 6.54 Å². The molecule has 2 amide bonds. The van der Waals surface area contributed by atoms with E-state index in [-0.39, 0.29) is 34.7 Å². The van der Waals surface area contributed by atoms with E-state index in [9.17, 15) is 18.4 Å². The fourth-order valence-corrected chi connectivity index (χ4v) is 5.06. The molecule has 0 spiro atoms. The van der Waals surface area contributed by atoms with Crippen LogP contribution in [0.5, 0.6) is 5.75 Å². The number of ether oxygens (including phenoxy) is 1. The SMILES string of the molecule is CC.CCC.Cc1cc(C)cc(C(=O)N(CC(C)(C)C)NC(=O)c2ccc(CCCB3OC(C)(C)C(C)(C)O3)c(OC(F)F)c2C)c1. The Labute approximate surface area is 283 Å². The molecule has 0 saturated carbocycles. The van der Waals surface area contributed by atoms with E-state index in [1.807, 2.05) is 82.2 Å². The van der Waals surface area contributed by atoms with E-state index in [1.165, 1.54) is 11.4 Å². The first kappa shape index (κ1) is 42.0. The molecule has 10 heteroatoms. The highest BCUT2D eigenvalue weighted by Crippen LogP contribution is 2.38. The van der Waals surface area contributed by atoms with Crippen molar-refractivity contribution in [2.24, 2.45) is 5.41 Å². The molecule has 0 unspecified atom stereocenters. The lowest BCUT2D eigenvalue weighted by Gasteiger charge is -2.32. The quantitative estimate of drug-likeness (QED) is 0.214. The Bertz CT molecular complexity index is 1290. The van der Waals surface area contributed by atoms with Crippen molar-refractivity contribution in [3.63, 3.8) is 0 Å². The van der Waals surface area contributed by atoms with Crippen molar-refractivity contribution < 1.29 is 32.4 Å². The van der Waals surface area contributed by atoms with Gasteiger partial charge in [0, 0.05) is 23.2 Å². The van der Waals surface area contributed by atoms with E-state index in [2.05, 4.69) is 19.3 Å². The lowest BCUT2D eigenvalue weighted by Crippen LogP contribution is -2.49. The number of aryl methyl sites for hydroxylation is 3. The fraction of sp³-hybridized carbons (Fsp3) is 0.622. The Kier molecular flexibility index (Phi) is 16.1. The summed E-state index contributed by atoms with van der Waals surface area (Å²) < 4.78 is 44.0. The Morgan fingerprint density at radius 1 is 0.957 bits per heavy atom. The van der Waals surface area contributed by atoms with Crippen molar-refractivity contribution >= 4 is 18.9 Å². The molecule has 0 aromatic heterocycles. The average molecular weight is 661 g/mol. The van der Waals surface area contributed by atoms with E-state index in [0.29, 0.717) is 30.3 Å². The van der Waals surface area contributed by atoms with Crippen LogP contribution >= 0.6 is 0 Å². The highest BCUT2D eigenvalue weighted by molar-refractivity contribution is 6.45. The van der Waals surface area contributed by atoms with Crippen molar-refractivity contribution in [1.29, 1.82) is 0 Å². The molecule has 0 aliphatic carbocycles. The van der Waals surface area contributed by atoms with Crippen LogP contribution in [0.2, 0.25) is 6.32 Å². The van der Waals surface area contributed by atoms with Crippen molar-refractivity contribution in [3.8, 4) is 5.75 Å². The molecule has 0 radical (unpaired) electrons. The van der Waals surface area contributed by atoms with E-state index in [4.69, 9.17) is 14.0 Å². The molecule has 1 saturated heterocycles. The van der Waals surface area contributed by atoms with E-state index < -0.39 is 30.8 Å². The largest absolute Gasteiger partial charge is 0.457 e. The van der Waals surface area contributed by atoms with Gasteiger partial charge in [0.2, 0.25) is 0 Å². The Hall–Kier alpha value is -2.98. The molecular formula is C37H59BF2N2O5. The van der Waals surface area contributed by atoms with Gasteiger partial charge in [0.05, 0.1) is 11.2 Å². The zero-order valence-electron chi connectivity index (χ0n) is 31.3. The Morgan fingerprint density at radius 2 is 1.47 bits per heavy atom. The first-order chi connectivity index (χ1) is 21.7. The van der Waals surface area contributed by atoms with Crippen LogP contribution < -0.4 is 10.2 Å². The third kappa shape index (κ3) is 12.5. The number of carbonyl (C=O) groups excluding carboxylic acids is 2. The van der Waals surface area contributed by atoms with Gasteiger partial charge in [0.1, 0.15) is 5.75 Å². The molecule has 1 N–H and O–H groups in total. The minimum absolute atomic E-state index is 0.0328. The van der Waals surface area contributed by atoms with Gasteiger partial charge in [-0.15, -0.1) is 0 Å². The molecular weight excluding hydrogens is 601 g/mol. The Balaban J connectivity index is 0.00000208. The van der Waals surface area contributed by atoms with E-state index in [0.717, 1.165) is 11.1 Å². The zero-order chi connectivity index (χ0) is 36.3. The normalized spacial score (nSPS) is 14.9. The molecule has 2 aromatic rings. The molecule has 1 aliphatic rings. The number of carbonyl (C=O) groups is 2. The van der Waals surface area contributed by atoms with Crippen molar-refractivity contribution in [2.45, 2.75) is 140 Å². The van der Waals surface area contributed by atoms with Crippen molar-refractivity contribution in [1.82, 2.24) is 10.4 Å². The highest BCUT2D eigenvalue weighted by Gasteiger charge is 2.50. The third-order valence-corrected chi connectivity index (χ3v) is 7.71. The zero-order valence-corrected chi connectivity index (χ0v) is 31.3. The van der Waals surface area contributed by atoms with Crippen LogP contribution in [-0.2, 0) is 15.7 Å². The summed E-state index contributed by atoms with van der Waals surface area (Å²) in [6.07, 6.45) is 2.85. The predicted molar refractivity (Wildman–Crippen MR) is 188 cm³/mol. The fourth-order valence-electron chi connectivity index (χ4n) is 5.06. The summed E-state index contributed by atoms with van der Waals surface area (Å²) in [5, 5.41) is 1.29. The maximum absolute atomic E-state index is 13.5. The van der Waals surface area contributed by atoms with Crippen LogP contribution in [0.15, 0.2) is 30.3 Å². The standard InChI is InChI=1S/C32H45BF2N2O5.C3H8.C2H6/c1-20-16-21(2)18-24(17-20)28(39)37(19-30(4,5)6)36-27(38)25-14-13-23(26(22(25)3)40-29(34)35)12-11-15-33-41-31(7,8)32(9,10)42-33;1-3-2;1-2/h13-14,16-18,29H,11-12,15,19H2,1-10H3,(H,36,38);3H2,1-2H3;1-2H3. The minimum Gasteiger partial charge on any atom is -0.434 e. The maximum Gasteiger partial charge on any atom is 0.457 e. The molecule has 7 nitrogen and oxygen atoms in total. The molecule has 0 bridgehead atoms. The van der Waals surface area contributed by atoms with Gasteiger partial charge in [-0.3, -0.25) is 15.0 Å².